The lowest BCUT2D eigenvalue weighted by Gasteiger charge is -2.21. The molecule has 0 fully saturated rings. The third-order valence-corrected chi connectivity index (χ3v) is 6.15. The molecule has 3 aromatic carbocycles. The minimum absolute atomic E-state index is 0.0247. The Labute approximate surface area is 224 Å². The molecule has 0 saturated heterocycles. The average Bonchev–Trinajstić information content (AvgIpc) is 3.37. The van der Waals surface area contributed by atoms with Gasteiger partial charge < -0.3 is 19.3 Å². The molecule has 0 radical (unpaired) electrons. The Bertz CT molecular complexity index is 1390. The van der Waals surface area contributed by atoms with E-state index in [2.05, 4.69) is 40.6 Å². The number of ether oxygens (including phenoxy) is 2. The van der Waals surface area contributed by atoms with Gasteiger partial charge in [-0.05, 0) is 74.6 Å². The molecule has 0 unspecified atom stereocenters. The Morgan fingerprint density at radius 1 is 1.00 bits per heavy atom. The summed E-state index contributed by atoms with van der Waals surface area (Å²) in [5.74, 6) is 0.684. The van der Waals surface area contributed by atoms with E-state index in [1.807, 2.05) is 76.2 Å². The summed E-state index contributed by atoms with van der Waals surface area (Å²) in [6, 6.07) is 22.3. The van der Waals surface area contributed by atoms with Crippen molar-refractivity contribution in [2.24, 2.45) is 0 Å². The third kappa shape index (κ3) is 6.73. The summed E-state index contributed by atoms with van der Waals surface area (Å²) < 4.78 is 16.5. The van der Waals surface area contributed by atoms with E-state index in [0.717, 1.165) is 27.8 Å². The summed E-state index contributed by atoms with van der Waals surface area (Å²) in [5, 5.41) is 7.41. The second-order valence-electron chi connectivity index (χ2n) is 10.4. The lowest BCUT2D eigenvalue weighted by atomic mass is 9.94. The molecule has 4 rings (SSSR count). The van der Waals surface area contributed by atoms with Gasteiger partial charge in [0.05, 0.1) is 13.2 Å². The first kappa shape index (κ1) is 27.2. The smallest absolute Gasteiger partial charge is 0.320 e. The molecule has 198 valence electrons. The molecule has 0 spiro atoms. The SMILES string of the molecule is COCc1cc(-c2nc(-c3ccc([C@H](C)NCC(=O)OC(C)(C)C)cc3)no2)ccc1-c1ccccc1C. The molecule has 4 aromatic rings. The Balaban J connectivity index is 1.48. The highest BCUT2D eigenvalue weighted by Gasteiger charge is 2.18. The van der Waals surface area contributed by atoms with Gasteiger partial charge in [0.15, 0.2) is 0 Å². The van der Waals surface area contributed by atoms with Crippen molar-refractivity contribution in [1.29, 1.82) is 0 Å². The third-order valence-electron chi connectivity index (χ3n) is 6.15. The lowest BCUT2D eigenvalue weighted by Crippen LogP contribution is -2.32. The molecule has 38 heavy (non-hydrogen) atoms. The van der Waals surface area contributed by atoms with Crippen molar-refractivity contribution in [1.82, 2.24) is 15.5 Å². The van der Waals surface area contributed by atoms with Crippen LogP contribution < -0.4 is 5.32 Å². The standard InChI is InChI=1S/C31H35N3O4/c1-20-9-7-8-10-26(20)27-16-15-24(17-25(27)19-36-6)30-33-29(34-38-30)23-13-11-22(12-14-23)21(2)32-18-28(35)37-31(3,4)5/h7-17,21,32H,18-19H2,1-6H3/t21-/m0/s1. The molecule has 0 saturated carbocycles. The summed E-state index contributed by atoms with van der Waals surface area (Å²) in [5.41, 5.74) is 6.78. The largest absolute Gasteiger partial charge is 0.459 e. The molecule has 0 amide bonds. The Morgan fingerprint density at radius 3 is 2.39 bits per heavy atom. The maximum Gasteiger partial charge on any atom is 0.320 e. The number of esters is 1. The van der Waals surface area contributed by atoms with Gasteiger partial charge in [0, 0.05) is 24.3 Å². The maximum absolute atomic E-state index is 12.0. The highest BCUT2D eigenvalue weighted by Crippen LogP contribution is 2.32. The first-order chi connectivity index (χ1) is 18.1. The molecule has 0 aliphatic carbocycles. The Kier molecular flexibility index (Phi) is 8.39. The van der Waals surface area contributed by atoms with Gasteiger partial charge in [-0.3, -0.25) is 4.79 Å². The Hall–Kier alpha value is -3.81. The van der Waals surface area contributed by atoms with E-state index in [-0.39, 0.29) is 18.6 Å². The summed E-state index contributed by atoms with van der Waals surface area (Å²) in [6.07, 6.45) is 0. The molecular formula is C31H35N3O4. The fraction of sp³-hybridized carbons (Fsp3) is 0.323. The van der Waals surface area contributed by atoms with Crippen molar-refractivity contribution >= 4 is 5.97 Å². The van der Waals surface area contributed by atoms with Crippen molar-refractivity contribution in [3.05, 3.63) is 83.4 Å². The van der Waals surface area contributed by atoms with E-state index in [0.29, 0.717) is 18.3 Å². The van der Waals surface area contributed by atoms with Gasteiger partial charge in [-0.15, -0.1) is 0 Å². The van der Waals surface area contributed by atoms with Gasteiger partial charge in [-0.1, -0.05) is 59.8 Å². The van der Waals surface area contributed by atoms with E-state index in [1.54, 1.807) is 7.11 Å². The minimum atomic E-state index is -0.499. The van der Waals surface area contributed by atoms with Crippen LogP contribution in [0.4, 0.5) is 0 Å². The second-order valence-corrected chi connectivity index (χ2v) is 10.4. The predicted octanol–water partition coefficient (Wildman–Crippen LogP) is 6.52. The monoisotopic (exact) mass is 513 g/mol. The topological polar surface area (TPSA) is 86.5 Å². The van der Waals surface area contributed by atoms with Crippen molar-refractivity contribution in [2.75, 3.05) is 13.7 Å². The number of hydrogen-bond acceptors (Lipinski definition) is 7. The summed E-state index contributed by atoms with van der Waals surface area (Å²) >= 11 is 0. The molecule has 1 aromatic heterocycles. The van der Waals surface area contributed by atoms with Crippen LogP contribution in [-0.2, 0) is 20.9 Å². The van der Waals surface area contributed by atoms with Gasteiger partial charge in [0.2, 0.25) is 5.82 Å². The first-order valence-corrected chi connectivity index (χ1v) is 12.7. The Morgan fingerprint density at radius 2 is 1.71 bits per heavy atom. The van der Waals surface area contributed by atoms with Crippen molar-refractivity contribution in [3.8, 4) is 34.0 Å². The van der Waals surface area contributed by atoms with Crippen LogP contribution in [0.2, 0.25) is 0 Å². The van der Waals surface area contributed by atoms with Crippen LogP contribution in [0, 0.1) is 6.92 Å². The molecular weight excluding hydrogens is 478 g/mol. The van der Waals surface area contributed by atoms with Crippen molar-refractivity contribution in [2.45, 2.75) is 52.9 Å². The maximum atomic E-state index is 12.0. The number of aryl methyl sites for hydroxylation is 1. The first-order valence-electron chi connectivity index (χ1n) is 12.7. The minimum Gasteiger partial charge on any atom is -0.459 e. The highest BCUT2D eigenvalue weighted by atomic mass is 16.6. The van der Waals surface area contributed by atoms with E-state index in [4.69, 9.17) is 14.0 Å². The van der Waals surface area contributed by atoms with Crippen LogP contribution in [0.5, 0.6) is 0 Å². The van der Waals surface area contributed by atoms with Crippen molar-refractivity contribution in [3.63, 3.8) is 0 Å². The fourth-order valence-electron chi connectivity index (χ4n) is 4.25. The number of methoxy groups -OCH3 is 1. The molecule has 0 aliphatic rings. The van der Waals surface area contributed by atoms with E-state index >= 15 is 0 Å². The summed E-state index contributed by atoms with van der Waals surface area (Å²) in [4.78, 5) is 16.6. The van der Waals surface area contributed by atoms with Gasteiger partial charge >= 0.3 is 5.97 Å². The summed E-state index contributed by atoms with van der Waals surface area (Å²) in [7, 11) is 1.69. The van der Waals surface area contributed by atoms with E-state index < -0.39 is 5.60 Å². The van der Waals surface area contributed by atoms with Crippen molar-refractivity contribution < 1.29 is 18.8 Å². The average molecular weight is 514 g/mol. The molecule has 7 heteroatoms. The van der Waals surface area contributed by atoms with Crippen LogP contribution in [0.15, 0.2) is 71.3 Å². The number of nitrogens with zero attached hydrogens (tertiary/aromatic N) is 2. The van der Waals surface area contributed by atoms with Crippen LogP contribution in [0.25, 0.3) is 34.0 Å². The number of aromatic nitrogens is 2. The van der Waals surface area contributed by atoms with Gasteiger partial charge in [0.1, 0.15) is 5.60 Å². The van der Waals surface area contributed by atoms with E-state index in [9.17, 15) is 4.79 Å². The zero-order valence-electron chi connectivity index (χ0n) is 22.9. The van der Waals surface area contributed by atoms with Crippen LogP contribution in [0.3, 0.4) is 0 Å². The number of rotatable bonds is 9. The van der Waals surface area contributed by atoms with Crippen LogP contribution >= 0.6 is 0 Å². The number of carbonyl (C=O) groups is 1. The zero-order chi connectivity index (χ0) is 27.3. The van der Waals surface area contributed by atoms with Crippen LogP contribution in [0.1, 0.15) is 50.4 Å². The molecule has 1 atom stereocenters. The van der Waals surface area contributed by atoms with E-state index in [1.165, 1.54) is 11.1 Å². The fourth-order valence-corrected chi connectivity index (χ4v) is 4.25. The number of benzene rings is 3. The molecule has 7 nitrogen and oxygen atoms in total. The highest BCUT2D eigenvalue weighted by molar-refractivity contribution is 5.74. The zero-order valence-corrected chi connectivity index (χ0v) is 22.9. The van der Waals surface area contributed by atoms with Gasteiger partial charge in [-0.25, -0.2) is 0 Å². The van der Waals surface area contributed by atoms with Crippen LogP contribution in [-0.4, -0.2) is 35.4 Å². The number of nitrogens with one attached hydrogen (secondary N) is 1. The summed E-state index contributed by atoms with van der Waals surface area (Å²) in [6.45, 7) is 10.3. The molecule has 1 N–H and O–H groups in total. The molecule has 0 aliphatic heterocycles. The predicted molar refractivity (Wildman–Crippen MR) is 148 cm³/mol. The van der Waals surface area contributed by atoms with Gasteiger partial charge in [0.25, 0.3) is 5.89 Å². The lowest BCUT2D eigenvalue weighted by molar-refractivity contribution is -0.153. The van der Waals surface area contributed by atoms with Gasteiger partial charge in [-0.2, -0.15) is 4.98 Å². The molecule has 1 heterocycles. The molecule has 0 bridgehead atoms. The normalized spacial score (nSPS) is 12.4. The number of carbonyl (C=O) groups excluding carboxylic acids is 1. The second kappa shape index (κ2) is 11.7. The number of hydrogen-bond donors (Lipinski definition) is 1. The quantitative estimate of drug-likeness (QED) is 0.255.